The minimum atomic E-state index is 0. The first-order valence-corrected chi connectivity index (χ1v) is 1.67. The molecule has 0 N–H and O–H groups in total. The van der Waals surface area contributed by atoms with Crippen LogP contribution in [0.25, 0.3) is 0 Å². The fourth-order valence-electron chi connectivity index (χ4n) is 0. The van der Waals surface area contributed by atoms with Crippen molar-refractivity contribution in [3.8, 4) is 10.8 Å². The molecular weight excluding hydrogens is 139 g/mol. The van der Waals surface area contributed by atoms with Crippen LogP contribution in [0.5, 0.6) is 0 Å². The van der Waals surface area contributed by atoms with Crippen LogP contribution in [0.15, 0.2) is 0 Å². The van der Waals surface area contributed by atoms with Crippen LogP contribution in [-0.4, -0.2) is 0 Å². The van der Waals surface area contributed by atoms with E-state index in [0.29, 0.717) is 0 Å². The van der Waals surface area contributed by atoms with E-state index in [1.165, 1.54) is 10.8 Å². The maximum absolute atomic E-state index is 7.13. The second-order valence-electron chi connectivity index (χ2n) is 0.183. The van der Waals surface area contributed by atoms with Gasteiger partial charge in [-0.3, -0.25) is 0 Å². The van der Waals surface area contributed by atoms with Gasteiger partial charge in [-0.25, -0.2) is 10.5 Å². The maximum Gasteiger partial charge on any atom is 1.00 e. The zero-order valence-corrected chi connectivity index (χ0v) is 7.34. The Balaban J connectivity index is -0.0000000400. The minimum Gasteiger partial charge on any atom is -0.696 e. The summed E-state index contributed by atoms with van der Waals surface area (Å²) in [6.07, 6.45) is 0. The Morgan fingerprint density at radius 2 is 1.00 bits per heavy atom. The molecule has 0 spiro atoms. The molecule has 2 nitrogen and oxygen atoms in total. The monoisotopic (exact) mass is 139 g/mol. The first kappa shape index (κ1) is 15.7. The van der Waals surface area contributed by atoms with Crippen molar-refractivity contribution >= 4 is 25.3 Å². The van der Waals surface area contributed by atoms with Crippen LogP contribution in [0.3, 0.4) is 0 Å². The van der Waals surface area contributed by atoms with Crippen LogP contribution in [0.4, 0.5) is 0 Å². The number of nitriles is 2. The third-order valence-corrected chi connectivity index (χ3v) is 0. The van der Waals surface area contributed by atoms with Gasteiger partial charge in [0.2, 0.25) is 0 Å². The second-order valence-corrected chi connectivity index (χ2v) is 0.548. The molecule has 0 aliphatic carbocycles. The van der Waals surface area contributed by atoms with Crippen molar-refractivity contribution in [1.82, 2.24) is 0 Å². The Bertz CT molecular complexity index is 68.7. The number of rotatable bonds is 0. The van der Waals surface area contributed by atoms with Gasteiger partial charge in [0, 0.05) is 0 Å². The van der Waals surface area contributed by atoms with Crippen LogP contribution in [0.2, 0.25) is 0 Å². The topological polar surface area (TPSA) is 47.6 Å². The van der Waals surface area contributed by atoms with Crippen LogP contribution in [-0.2, 0) is 25.3 Å². The summed E-state index contributed by atoms with van der Waals surface area (Å²) in [6, 6.07) is 0. The predicted octanol–water partition coefficient (Wildman–Crippen LogP) is -2.97. The summed E-state index contributed by atoms with van der Waals surface area (Å²) in [5, 5.41) is 16.9. The van der Waals surface area contributed by atoms with Gasteiger partial charge in [0.15, 0.2) is 0 Å². The van der Waals surface area contributed by atoms with Gasteiger partial charge in [0.25, 0.3) is 0 Å². The van der Waals surface area contributed by atoms with E-state index in [1.54, 1.807) is 0 Å². The summed E-state index contributed by atoms with van der Waals surface area (Å²) >= 11 is 7.40. The Morgan fingerprint density at radius 3 is 1.00 bits per heavy atom. The zero-order chi connectivity index (χ0) is 5.41. The van der Waals surface area contributed by atoms with Crippen LogP contribution >= 0.6 is 0 Å². The Hall–Kier alpha value is 0.420. The molecule has 0 saturated heterocycles. The molecule has 0 aromatic rings. The van der Waals surface area contributed by atoms with Gasteiger partial charge in [0.1, 0.15) is 0 Å². The van der Waals surface area contributed by atoms with Gasteiger partial charge < -0.3 is 25.3 Å². The van der Waals surface area contributed by atoms with E-state index >= 15 is 0 Å². The summed E-state index contributed by atoms with van der Waals surface area (Å²) in [6.45, 7) is 0. The molecule has 0 unspecified atom stereocenters. The first-order chi connectivity index (χ1) is 2.83. The number of hydrogen-bond donors (Lipinski definition) is 0. The van der Waals surface area contributed by atoms with E-state index in [1.807, 2.05) is 0 Å². The molecule has 0 bridgehead atoms. The Labute approximate surface area is 75.6 Å². The van der Waals surface area contributed by atoms with Crippen LogP contribution in [0, 0.1) is 21.3 Å². The van der Waals surface area contributed by atoms with Crippen LogP contribution in [0.1, 0.15) is 0 Å². The van der Waals surface area contributed by atoms with Gasteiger partial charge in [0.05, 0.1) is 0 Å². The molecule has 0 aliphatic rings. The summed E-state index contributed by atoms with van der Waals surface area (Å²) in [5.74, 6) is 0. The summed E-state index contributed by atoms with van der Waals surface area (Å²) in [5.41, 5.74) is 0. The van der Waals surface area contributed by atoms with E-state index in [2.05, 4.69) is 25.3 Å². The van der Waals surface area contributed by atoms with Crippen molar-refractivity contribution < 1.29 is 29.6 Å². The van der Waals surface area contributed by atoms with Gasteiger partial charge in [-0.15, -0.1) is 0 Å². The summed E-state index contributed by atoms with van der Waals surface area (Å²) in [4.78, 5) is 0. The van der Waals surface area contributed by atoms with Crippen molar-refractivity contribution in [1.29, 1.82) is 10.5 Å². The van der Waals surface area contributed by atoms with Gasteiger partial charge >= 0.3 is 29.6 Å². The normalized spacial score (nSPS) is 2.00. The first-order valence-electron chi connectivity index (χ1n) is 0.855. The molecule has 32 valence electrons. The molecule has 0 fully saturated rings. The van der Waals surface area contributed by atoms with Crippen molar-refractivity contribution in [3.05, 3.63) is 0 Å². The standard InChI is InChI=1S/2CHNS.Na/c2*2-1-3;/h2*3H;/q;;+1/p-2. The molecule has 7 heavy (non-hydrogen) atoms. The number of hydrogen-bond acceptors (Lipinski definition) is 4. The Kier molecular flexibility index (Phi) is 72.0. The maximum atomic E-state index is 7.13. The van der Waals surface area contributed by atoms with Crippen molar-refractivity contribution in [2.24, 2.45) is 0 Å². The molecule has 5 heteroatoms. The summed E-state index contributed by atoms with van der Waals surface area (Å²) < 4.78 is 0. The zero-order valence-electron chi connectivity index (χ0n) is 3.71. The third-order valence-electron chi connectivity index (χ3n) is 0. The quantitative estimate of drug-likeness (QED) is 0.204. The average Bonchev–Trinajstić information content (AvgIpc) is 1.39. The van der Waals surface area contributed by atoms with Crippen molar-refractivity contribution in [3.63, 3.8) is 0 Å². The Morgan fingerprint density at radius 1 is 1.00 bits per heavy atom. The molecule has 0 aliphatic heterocycles. The van der Waals surface area contributed by atoms with E-state index in [-0.39, 0.29) is 29.6 Å². The molecule has 0 amide bonds. The molecule has 0 aromatic heterocycles. The molecular formula is C2N2NaS2-. The van der Waals surface area contributed by atoms with E-state index in [9.17, 15) is 0 Å². The van der Waals surface area contributed by atoms with Gasteiger partial charge in [-0.05, 0) is 0 Å². The molecule has 0 rings (SSSR count). The predicted molar refractivity (Wildman–Crippen MR) is 26.0 cm³/mol. The third kappa shape index (κ3) is 711. The van der Waals surface area contributed by atoms with E-state index in [4.69, 9.17) is 10.5 Å². The number of nitrogens with zero attached hydrogens (tertiary/aromatic N) is 2. The fourth-order valence-corrected chi connectivity index (χ4v) is 0. The average molecular weight is 139 g/mol. The largest absolute Gasteiger partial charge is 1.00 e. The fraction of sp³-hybridized carbons (Fsp3) is 0. The number of thiocyanates is 2. The molecule has 0 radical (unpaired) electrons. The van der Waals surface area contributed by atoms with Gasteiger partial charge in [-0.1, -0.05) is 10.8 Å². The van der Waals surface area contributed by atoms with Crippen LogP contribution < -0.4 is 29.6 Å². The molecule has 0 saturated carbocycles. The SMILES string of the molecule is N#C[S-].N#C[S-].[Na+]. The van der Waals surface area contributed by atoms with Crippen molar-refractivity contribution in [2.45, 2.75) is 0 Å². The van der Waals surface area contributed by atoms with E-state index in [0.717, 1.165) is 0 Å². The second kappa shape index (κ2) is 32.2. The molecule has 0 atom stereocenters. The summed E-state index contributed by atoms with van der Waals surface area (Å²) in [7, 11) is 0. The molecule has 0 aromatic carbocycles. The van der Waals surface area contributed by atoms with Crippen molar-refractivity contribution in [2.75, 3.05) is 0 Å². The minimum absolute atomic E-state index is 0. The van der Waals surface area contributed by atoms with Gasteiger partial charge in [-0.2, -0.15) is 0 Å². The smallest absolute Gasteiger partial charge is 0.696 e. The molecule has 0 heterocycles. The van der Waals surface area contributed by atoms with E-state index < -0.39 is 0 Å².